The lowest BCUT2D eigenvalue weighted by atomic mass is 10.0. The molecule has 0 aromatic heterocycles. The van der Waals surface area contributed by atoms with Gasteiger partial charge in [-0.1, -0.05) is 137 Å². The van der Waals surface area contributed by atoms with Crippen molar-refractivity contribution in [3.05, 3.63) is 0 Å². The molecule has 0 aromatic carbocycles. The topological polar surface area (TPSA) is 171 Å². The Labute approximate surface area is 331 Å². The molecule has 312 valence electrons. The second-order valence-corrected chi connectivity index (χ2v) is 18.1. The van der Waals surface area contributed by atoms with Crippen molar-refractivity contribution in [2.75, 3.05) is 45.7 Å². The molecule has 0 bridgehead atoms. The SMILES string of the molecule is CNCCCCCCCCCCCCCC(=O)NC(CCSSCCC(NC(=O)CCCCCCCCCCCCCC[N+](C)(C)N)C(=O)O)C(=O)O. The van der Waals surface area contributed by atoms with Crippen LogP contribution in [0.3, 0.4) is 0 Å². The first-order valence-corrected chi connectivity index (χ1v) is 23.5. The maximum Gasteiger partial charge on any atom is 0.326 e. The van der Waals surface area contributed by atoms with Gasteiger partial charge in [-0.3, -0.25) is 14.2 Å². The zero-order valence-electron chi connectivity index (χ0n) is 33.9. The van der Waals surface area contributed by atoms with Gasteiger partial charge in [0.15, 0.2) is 0 Å². The van der Waals surface area contributed by atoms with Crippen LogP contribution in [0.1, 0.15) is 173 Å². The van der Waals surface area contributed by atoms with Crippen molar-refractivity contribution in [1.29, 1.82) is 0 Å². The number of rotatable bonds is 40. The molecule has 7 N–H and O–H groups in total. The van der Waals surface area contributed by atoms with Gasteiger partial charge in [0.2, 0.25) is 11.8 Å². The van der Waals surface area contributed by atoms with Crippen LogP contribution >= 0.6 is 21.6 Å². The highest BCUT2D eigenvalue weighted by atomic mass is 33.1. The molecule has 0 aliphatic carbocycles. The highest BCUT2D eigenvalue weighted by Gasteiger charge is 2.21. The third kappa shape index (κ3) is 37.2. The molecule has 11 nitrogen and oxygen atoms in total. The molecule has 0 saturated carbocycles. The number of unbranched alkanes of at least 4 members (excludes halogenated alkanes) is 21. The molecule has 0 aliphatic rings. The third-order valence-electron chi connectivity index (χ3n) is 9.55. The van der Waals surface area contributed by atoms with E-state index in [0.717, 1.165) is 51.6 Å². The third-order valence-corrected chi connectivity index (χ3v) is 12.0. The summed E-state index contributed by atoms with van der Waals surface area (Å²) in [6.45, 7) is 2.13. The monoisotopic (exact) mass is 791 g/mol. The van der Waals surface area contributed by atoms with Gasteiger partial charge in [-0.2, -0.15) is 5.84 Å². The van der Waals surface area contributed by atoms with Crippen molar-refractivity contribution in [3.63, 3.8) is 0 Å². The van der Waals surface area contributed by atoms with E-state index in [1.807, 2.05) is 21.1 Å². The van der Waals surface area contributed by atoms with Gasteiger partial charge in [0.1, 0.15) is 12.1 Å². The van der Waals surface area contributed by atoms with Crippen LogP contribution < -0.4 is 21.8 Å². The van der Waals surface area contributed by atoms with Gasteiger partial charge in [0.05, 0.1) is 20.6 Å². The van der Waals surface area contributed by atoms with E-state index in [0.29, 0.717) is 41.8 Å². The standard InChI is InChI=1S/C40H79N5O6S2/c1-42-31-25-21-17-13-9-6-8-12-16-20-24-28-38(47)44-36(40(50)51)30-34-53-52-33-29-35(39(48)49)43-37(46)27-23-19-15-11-7-4-5-10-14-18-22-26-32-45(2,3)41/h35-36,42H,4-34,41H2,1-3H3,(H3-,43,44,46,47,48,49,50,51)/p+1. The van der Waals surface area contributed by atoms with Crippen LogP contribution in [0.5, 0.6) is 0 Å². The summed E-state index contributed by atoms with van der Waals surface area (Å²) >= 11 is 0. The molecule has 0 radical (unpaired) electrons. The fraction of sp³-hybridized carbons (Fsp3) is 0.900. The number of hydrogen-bond acceptors (Lipinski definition) is 8. The normalized spacial score (nSPS) is 12.8. The van der Waals surface area contributed by atoms with Crippen molar-refractivity contribution in [1.82, 2.24) is 16.0 Å². The van der Waals surface area contributed by atoms with Gasteiger partial charge in [0, 0.05) is 24.3 Å². The fourth-order valence-corrected chi connectivity index (χ4v) is 8.43. The van der Waals surface area contributed by atoms with Crippen molar-refractivity contribution < 1.29 is 34.0 Å². The lowest BCUT2D eigenvalue weighted by Gasteiger charge is -2.21. The number of carboxylic acids is 2. The number of amides is 2. The van der Waals surface area contributed by atoms with Gasteiger partial charge in [-0.25, -0.2) is 9.59 Å². The van der Waals surface area contributed by atoms with Crippen LogP contribution in [0.4, 0.5) is 0 Å². The van der Waals surface area contributed by atoms with Gasteiger partial charge in [-0.15, -0.1) is 0 Å². The molecule has 0 spiro atoms. The molecular weight excluding hydrogens is 711 g/mol. The van der Waals surface area contributed by atoms with Crippen molar-refractivity contribution in [2.24, 2.45) is 5.84 Å². The Morgan fingerprint density at radius 2 is 0.830 bits per heavy atom. The minimum Gasteiger partial charge on any atom is -0.480 e. The number of carboxylic acid groups (broad SMARTS) is 2. The maximum absolute atomic E-state index is 12.4. The second-order valence-electron chi connectivity index (χ2n) is 15.4. The number of carbonyl (C=O) groups is 4. The van der Waals surface area contributed by atoms with Crippen molar-refractivity contribution in [3.8, 4) is 0 Å². The zero-order chi connectivity index (χ0) is 39.4. The molecule has 0 aromatic rings. The van der Waals surface area contributed by atoms with E-state index in [9.17, 15) is 29.4 Å². The number of quaternary nitrogens is 1. The first kappa shape index (κ1) is 51.5. The molecule has 0 aliphatic heterocycles. The van der Waals surface area contributed by atoms with Gasteiger partial charge in [0.25, 0.3) is 0 Å². The highest BCUT2D eigenvalue weighted by Crippen LogP contribution is 2.24. The summed E-state index contributed by atoms with van der Waals surface area (Å²) in [5.41, 5.74) is 0. The number of aliphatic carboxylic acids is 2. The van der Waals surface area contributed by atoms with Crippen molar-refractivity contribution >= 4 is 45.3 Å². The fourth-order valence-electron chi connectivity index (χ4n) is 6.25. The molecular formula is C40H80N5O6S2+. The summed E-state index contributed by atoms with van der Waals surface area (Å²) < 4.78 is 0.552. The van der Waals surface area contributed by atoms with Crippen LogP contribution in [0.15, 0.2) is 0 Å². The summed E-state index contributed by atoms with van der Waals surface area (Å²) in [6, 6.07) is -1.86. The minimum atomic E-state index is -1.04. The van der Waals surface area contributed by atoms with E-state index in [-0.39, 0.29) is 11.8 Å². The summed E-state index contributed by atoms with van der Waals surface area (Å²) in [7, 11) is 8.97. The lowest BCUT2D eigenvalue weighted by molar-refractivity contribution is -0.902. The van der Waals surface area contributed by atoms with E-state index in [1.54, 1.807) is 0 Å². The lowest BCUT2D eigenvalue weighted by Crippen LogP contribution is -2.47. The Balaban J connectivity index is 3.86. The Hall–Kier alpha value is -1.54. The molecule has 2 unspecified atom stereocenters. The molecule has 0 fully saturated rings. The van der Waals surface area contributed by atoms with Crippen LogP contribution in [0.25, 0.3) is 0 Å². The predicted molar refractivity (Wildman–Crippen MR) is 224 cm³/mol. The number of hydrogen-bond donors (Lipinski definition) is 6. The number of nitrogens with zero attached hydrogens (tertiary/aromatic N) is 1. The van der Waals surface area contributed by atoms with Crippen LogP contribution in [-0.2, 0) is 19.2 Å². The Bertz CT molecular complexity index is 925. The van der Waals surface area contributed by atoms with Crippen LogP contribution in [0.2, 0.25) is 0 Å². The number of nitrogens with one attached hydrogen (secondary N) is 3. The first-order chi connectivity index (χ1) is 25.5. The number of nitrogens with two attached hydrogens (primary N) is 1. The smallest absolute Gasteiger partial charge is 0.326 e. The van der Waals surface area contributed by atoms with Gasteiger partial charge >= 0.3 is 11.9 Å². The summed E-state index contributed by atoms with van der Waals surface area (Å²) in [6.07, 6.45) is 28.4. The van der Waals surface area contributed by atoms with Crippen molar-refractivity contribution in [2.45, 2.75) is 185 Å². The molecule has 0 rings (SSSR count). The average Bonchev–Trinajstić information content (AvgIpc) is 3.10. The predicted octanol–water partition coefficient (Wildman–Crippen LogP) is 8.21. The van der Waals surface area contributed by atoms with Crippen LogP contribution in [-0.4, -0.2) is 96.4 Å². The summed E-state index contributed by atoms with van der Waals surface area (Å²) in [5.74, 6) is 4.46. The molecule has 13 heteroatoms. The highest BCUT2D eigenvalue weighted by molar-refractivity contribution is 8.76. The first-order valence-electron chi connectivity index (χ1n) is 21.0. The van der Waals surface area contributed by atoms with E-state index < -0.39 is 24.0 Å². The average molecular weight is 791 g/mol. The van der Waals surface area contributed by atoms with Gasteiger partial charge < -0.3 is 26.2 Å². The molecule has 0 saturated heterocycles. The minimum absolute atomic E-state index is 0.219. The second kappa shape index (κ2) is 36.1. The summed E-state index contributed by atoms with van der Waals surface area (Å²) in [5, 5.41) is 27.7. The van der Waals surface area contributed by atoms with E-state index in [4.69, 9.17) is 5.84 Å². The molecule has 2 amide bonds. The Morgan fingerprint density at radius 3 is 1.13 bits per heavy atom. The molecule has 53 heavy (non-hydrogen) atoms. The van der Waals surface area contributed by atoms with Crippen LogP contribution in [0, 0.1) is 0 Å². The quantitative estimate of drug-likeness (QED) is 0.0117. The molecule has 0 heterocycles. The Kier molecular flexibility index (Phi) is 35.1. The zero-order valence-corrected chi connectivity index (χ0v) is 35.6. The molecule has 2 atom stereocenters. The Morgan fingerprint density at radius 1 is 0.528 bits per heavy atom. The maximum atomic E-state index is 12.4. The largest absolute Gasteiger partial charge is 0.480 e. The van der Waals surface area contributed by atoms with E-state index in [2.05, 4.69) is 16.0 Å². The number of carbonyl (C=O) groups excluding carboxylic acids is 2. The summed E-state index contributed by atoms with van der Waals surface area (Å²) in [4.78, 5) is 48.1. The van der Waals surface area contributed by atoms with E-state index >= 15 is 0 Å². The van der Waals surface area contributed by atoms with E-state index in [1.165, 1.54) is 131 Å². The van der Waals surface area contributed by atoms with Gasteiger partial charge in [-0.05, 0) is 58.5 Å².